The average molecular weight is 273 g/mol. The van der Waals surface area contributed by atoms with Crippen LogP contribution in [0.3, 0.4) is 0 Å². The maximum atomic E-state index is 5.76. The highest BCUT2D eigenvalue weighted by Gasteiger charge is 2.06. The van der Waals surface area contributed by atoms with Crippen molar-refractivity contribution in [3.05, 3.63) is 53.1 Å². The predicted octanol–water partition coefficient (Wildman–Crippen LogP) is 4.19. The molecule has 2 rings (SSSR count). The third-order valence-electron chi connectivity index (χ3n) is 3.02. The molecule has 0 radical (unpaired) electrons. The highest BCUT2D eigenvalue weighted by Crippen LogP contribution is 2.31. The van der Waals surface area contributed by atoms with Crippen LogP contribution in [0.15, 0.2) is 41.3 Å². The number of methoxy groups -OCH3 is 1. The van der Waals surface area contributed by atoms with Gasteiger partial charge in [0.1, 0.15) is 5.75 Å². The molecule has 0 aliphatic rings. The standard InChI is InChI=1S/C16H19NOS/c1-11-4-7-16(12(2)8-11)19-10-13-5-6-14(17)9-15(13)18-3/h4-9H,10,17H2,1-3H3. The number of rotatable bonds is 4. The van der Waals surface area contributed by atoms with Crippen molar-refractivity contribution in [3.8, 4) is 5.75 Å². The van der Waals surface area contributed by atoms with Gasteiger partial charge in [0.2, 0.25) is 0 Å². The van der Waals surface area contributed by atoms with Crippen LogP contribution in [-0.4, -0.2) is 7.11 Å². The number of ether oxygens (including phenoxy) is 1. The predicted molar refractivity (Wildman–Crippen MR) is 82.9 cm³/mol. The van der Waals surface area contributed by atoms with E-state index in [2.05, 4.69) is 32.0 Å². The third-order valence-corrected chi connectivity index (χ3v) is 4.25. The maximum absolute atomic E-state index is 5.76. The Labute approximate surface area is 119 Å². The summed E-state index contributed by atoms with van der Waals surface area (Å²) in [6, 6.07) is 12.4. The summed E-state index contributed by atoms with van der Waals surface area (Å²) in [5.74, 6) is 1.74. The molecule has 2 aromatic carbocycles. The van der Waals surface area contributed by atoms with Crippen molar-refractivity contribution < 1.29 is 4.74 Å². The van der Waals surface area contributed by atoms with Crippen LogP contribution in [-0.2, 0) is 5.75 Å². The molecule has 3 heteroatoms. The normalized spacial score (nSPS) is 10.5. The fourth-order valence-corrected chi connectivity index (χ4v) is 3.00. The van der Waals surface area contributed by atoms with E-state index in [1.807, 2.05) is 30.0 Å². The first-order valence-electron chi connectivity index (χ1n) is 6.22. The van der Waals surface area contributed by atoms with E-state index in [1.165, 1.54) is 21.6 Å². The topological polar surface area (TPSA) is 35.2 Å². The van der Waals surface area contributed by atoms with E-state index in [-0.39, 0.29) is 0 Å². The second-order valence-corrected chi connectivity index (χ2v) is 5.65. The van der Waals surface area contributed by atoms with Gasteiger partial charge in [0.05, 0.1) is 7.11 Å². The van der Waals surface area contributed by atoms with Crippen molar-refractivity contribution in [2.75, 3.05) is 12.8 Å². The lowest BCUT2D eigenvalue weighted by molar-refractivity contribution is 0.411. The lowest BCUT2D eigenvalue weighted by Gasteiger charge is -2.10. The summed E-state index contributed by atoms with van der Waals surface area (Å²) in [7, 11) is 1.68. The first kappa shape index (κ1) is 13.8. The van der Waals surface area contributed by atoms with Gasteiger partial charge in [-0.3, -0.25) is 0 Å². The zero-order valence-electron chi connectivity index (χ0n) is 11.6. The molecular formula is C16H19NOS. The van der Waals surface area contributed by atoms with Crippen LogP contribution in [0.2, 0.25) is 0 Å². The highest BCUT2D eigenvalue weighted by molar-refractivity contribution is 7.98. The first-order chi connectivity index (χ1) is 9.10. The van der Waals surface area contributed by atoms with Crippen molar-refractivity contribution in [3.63, 3.8) is 0 Å². The monoisotopic (exact) mass is 273 g/mol. The molecule has 0 heterocycles. The Morgan fingerprint density at radius 3 is 2.58 bits per heavy atom. The summed E-state index contributed by atoms with van der Waals surface area (Å²) in [5, 5.41) is 0. The molecule has 100 valence electrons. The van der Waals surface area contributed by atoms with Crippen LogP contribution in [0.1, 0.15) is 16.7 Å². The Balaban J connectivity index is 2.14. The van der Waals surface area contributed by atoms with Crippen molar-refractivity contribution in [2.24, 2.45) is 0 Å². The number of hydrogen-bond donors (Lipinski definition) is 1. The Morgan fingerprint density at radius 1 is 1.11 bits per heavy atom. The summed E-state index contributed by atoms with van der Waals surface area (Å²) in [5.41, 5.74) is 10.3. The second kappa shape index (κ2) is 6.02. The zero-order valence-corrected chi connectivity index (χ0v) is 12.4. The Kier molecular flexibility index (Phi) is 4.38. The van der Waals surface area contributed by atoms with Gasteiger partial charge >= 0.3 is 0 Å². The SMILES string of the molecule is COc1cc(N)ccc1CSc1ccc(C)cc1C. The Hall–Kier alpha value is -1.61. The van der Waals surface area contributed by atoms with Gasteiger partial charge in [-0.1, -0.05) is 23.8 Å². The molecule has 0 bridgehead atoms. The van der Waals surface area contributed by atoms with Crippen LogP contribution in [0, 0.1) is 13.8 Å². The van der Waals surface area contributed by atoms with E-state index < -0.39 is 0 Å². The molecule has 2 nitrogen and oxygen atoms in total. The molecule has 0 amide bonds. The first-order valence-corrected chi connectivity index (χ1v) is 7.21. The van der Waals surface area contributed by atoms with Gasteiger partial charge in [0.15, 0.2) is 0 Å². The van der Waals surface area contributed by atoms with Gasteiger partial charge in [-0.2, -0.15) is 0 Å². The largest absolute Gasteiger partial charge is 0.496 e. The molecule has 0 aliphatic heterocycles. The van der Waals surface area contributed by atoms with Crippen molar-refractivity contribution in [1.82, 2.24) is 0 Å². The summed E-state index contributed by atoms with van der Waals surface area (Å²) < 4.78 is 5.37. The number of thioether (sulfide) groups is 1. The summed E-state index contributed by atoms with van der Waals surface area (Å²) in [6.45, 7) is 4.26. The molecule has 2 aromatic rings. The van der Waals surface area contributed by atoms with Gasteiger partial charge in [0, 0.05) is 28.0 Å². The van der Waals surface area contributed by atoms with Crippen LogP contribution in [0.4, 0.5) is 5.69 Å². The van der Waals surface area contributed by atoms with E-state index in [9.17, 15) is 0 Å². The van der Waals surface area contributed by atoms with Crippen molar-refractivity contribution >= 4 is 17.4 Å². The Bertz CT molecular complexity index is 581. The lowest BCUT2D eigenvalue weighted by Crippen LogP contribution is -1.93. The quantitative estimate of drug-likeness (QED) is 0.670. The number of nitrogens with two attached hydrogens (primary N) is 1. The second-order valence-electron chi connectivity index (χ2n) is 4.63. The molecule has 2 N–H and O–H groups in total. The van der Waals surface area contributed by atoms with Crippen molar-refractivity contribution in [2.45, 2.75) is 24.5 Å². The Morgan fingerprint density at radius 2 is 1.89 bits per heavy atom. The number of anilines is 1. The van der Waals surface area contributed by atoms with Gasteiger partial charge in [-0.25, -0.2) is 0 Å². The molecule has 0 fully saturated rings. The van der Waals surface area contributed by atoms with Gasteiger partial charge in [-0.15, -0.1) is 11.8 Å². The van der Waals surface area contributed by atoms with Gasteiger partial charge in [-0.05, 0) is 31.5 Å². The smallest absolute Gasteiger partial charge is 0.124 e. The molecular weight excluding hydrogens is 254 g/mol. The minimum absolute atomic E-state index is 0.733. The van der Waals surface area contributed by atoms with Crippen LogP contribution < -0.4 is 10.5 Å². The van der Waals surface area contributed by atoms with E-state index in [4.69, 9.17) is 10.5 Å². The average Bonchev–Trinajstić information content (AvgIpc) is 2.39. The molecule has 0 aliphatic carbocycles. The van der Waals surface area contributed by atoms with E-state index >= 15 is 0 Å². The maximum Gasteiger partial charge on any atom is 0.124 e. The van der Waals surface area contributed by atoms with Crippen molar-refractivity contribution in [1.29, 1.82) is 0 Å². The van der Waals surface area contributed by atoms with Crippen LogP contribution in [0.5, 0.6) is 5.75 Å². The highest BCUT2D eigenvalue weighted by atomic mass is 32.2. The number of benzene rings is 2. The number of hydrogen-bond acceptors (Lipinski definition) is 3. The number of nitrogen functional groups attached to an aromatic ring is 1. The van der Waals surface area contributed by atoms with Gasteiger partial charge in [0.25, 0.3) is 0 Å². The van der Waals surface area contributed by atoms with Crippen LogP contribution in [0.25, 0.3) is 0 Å². The lowest BCUT2D eigenvalue weighted by atomic mass is 10.2. The molecule has 0 saturated heterocycles. The summed E-state index contributed by atoms with van der Waals surface area (Å²) >= 11 is 1.82. The molecule has 0 aromatic heterocycles. The fourth-order valence-electron chi connectivity index (χ4n) is 2.00. The molecule has 0 spiro atoms. The van der Waals surface area contributed by atoms with Gasteiger partial charge < -0.3 is 10.5 Å². The minimum atomic E-state index is 0.733. The molecule has 0 unspecified atom stereocenters. The zero-order chi connectivity index (χ0) is 13.8. The van der Waals surface area contributed by atoms with Crippen LogP contribution >= 0.6 is 11.8 Å². The molecule has 0 saturated carbocycles. The minimum Gasteiger partial charge on any atom is -0.496 e. The summed E-state index contributed by atoms with van der Waals surface area (Å²) in [6.07, 6.45) is 0. The van der Waals surface area contributed by atoms with E-state index in [1.54, 1.807) is 7.11 Å². The summed E-state index contributed by atoms with van der Waals surface area (Å²) in [4.78, 5) is 1.31. The number of aryl methyl sites for hydroxylation is 2. The third kappa shape index (κ3) is 3.44. The van der Waals surface area contributed by atoms with E-state index in [0.717, 1.165) is 17.2 Å². The molecule has 19 heavy (non-hydrogen) atoms. The van der Waals surface area contributed by atoms with E-state index in [0.29, 0.717) is 0 Å². The fraction of sp³-hybridized carbons (Fsp3) is 0.250. The molecule has 0 atom stereocenters.